The molecule has 7 heavy (non-hydrogen) atoms. The number of hydrogen-bond acceptors (Lipinski definition) is 2. The Morgan fingerprint density at radius 1 is 1.71 bits per heavy atom. The molecule has 0 atom stereocenters. The molecule has 0 amide bonds. The molecule has 0 unspecified atom stereocenters. The molecule has 4 heteroatoms. The zero-order chi connectivity index (χ0) is 5.70. The molecule has 0 fully saturated rings. The summed E-state index contributed by atoms with van der Waals surface area (Å²) < 4.78 is 0.536. The van der Waals surface area contributed by atoms with E-state index in [-0.39, 0.29) is 0 Å². The van der Waals surface area contributed by atoms with Gasteiger partial charge in [-0.15, -0.1) is 12.6 Å². The van der Waals surface area contributed by atoms with Crippen molar-refractivity contribution in [2.45, 2.75) is 0 Å². The number of nitrogens with one attached hydrogen (secondary N) is 1. The van der Waals surface area contributed by atoms with Crippen molar-refractivity contribution in [2.75, 3.05) is 12.3 Å². The van der Waals surface area contributed by atoms with E-state index in [0.29, 0.717) is 4.32 Å². The van der Waals surface area contributed by atoms with E-state index in [9.17, 15) is 0 Å². The SMILES string of the molecule is S=C(S)NCCS. The topological polar surface area (TPSA) is 12.0 Å². The molecule has 0 aromatic carbocycles. The van der Waals surface area contributed by atoms with Crippen LogP contribution in [0.25, 0.3) is 0 Å². The quantitative estimate of drug-likeness (QED) is 0.399. The summed E-state index contributed by atoms with van der Waals surface area (Å²) in [5, 5.41) is 2.81. The predicted octanol–water partition coefficient (Wildman–Crippen LogP) is 0.721. The molecule has 0 heterocycles. The van der Waals surface area contributed by atoms with E-state index in [0.717, 1.165) is 12.3 Å². The monoisotopic (exact) mass is 153 g/mol. The summed E-state index contributed by atoms with van der Waals surface area (Å²) in [6.07, 6.45) is 0. The van der Waals surface area contributed by atoms with Crippen LogP contribution in [0, 0.1) is 0 Å². The van der Waals surface area contributed by atoms with Gasteiger partial charge in [0.15, 0.2) is 0 Å². The van der Waals surface area contributed by atoms with Crippen LogP contribution in [0.15, 0.2) is 0 Å². The Labute approximate surface area is 59.7 Å². The number of thiocarbonyl (C=S) groups is 1. The molecule has 0 saturated heterocycles. The molecular weight excluding hydrogens is 146 g/mol. The maximum absolute atomic E-state index is 4.58. The normalized spacial score (nSPS) is 8.29. The average Bonchev–Trinajstić information content (AvgIpc) is 1.61. The van der Waals surface area contributed by atoms with Gasteiger partial charge in [0.2, 0.25) is 0 Å². The van der Waals surface area contributed by atoms with Crippen LogP contribution in [0.3, 0.4) is 0 Å². The Hall–Kier alpha value is 0.590. The van der Waals surface area contributed by atoms with Gasteiger partial charge in [0.25, 0.3) is 0 Å². The summed E-state index contributed by atoms with van der Waals surface area (Å²) >= 11 is 12.3. The van der Waals surface area contributed by atoms with Gasteiger partial charge in [0.05, 0.1) is 0 Å². The molecule has 0 aliphatic carbocycles. The first kappa shape index (κ1) is 7.59. The van der Waals surface area contributed by atoms with Crippen molar-refractivity contribution in [3.63, 3.8) is 0 Å². The molecule has 0 aromatic rings. The fourth-order valence-corrected chi connectivity index (χ4v) is 0.489. The fourth-order valence-electron chi connectivity index (χ4n) is 0.163. The van der Waals surface area contributed by atoms with Gasteiger partial charge in [-0.3, -0.25) is 0 Å². The van der Waals surface area contributed by atoms with Crippen LogP contribution < -0.4 is 5.32 Å². The lowest BCUT2D eigenvalue weighted by atomic mass is 10.8. The Morgan fingerprint density at radius 2 is 2.29 bits per heavy atom. The number of rotatable bonds is 2. The van der Waals surface area contributed by atoms with Crippen molar-refractivity contribution in [1.29, 1.82) is 0 Å². The van der Waals surface area contributed by atoms with E-state index in [4.69, 9.17) is 0 Å². The van der Waals surface area contributed by atoms with Crippen LogP contribution in [-0.4, -0.2) is 16.6 Å². The molecule has 0 rings (SSSR count). The summed E-state index contributed by atoms with van der Waals surface area (Å²) in [6.45, 7) is 0.797. The highest BCUT2D eigenvalue weighted by atomic mass is 32.1. The van der Waals surface area contributed by atoms with Gasteiger partial charge in [-0.25, -0.2) is 0 Å². The third kappa shape index (κ3) is 6.59. The lowest BCUT2D eigenvalue weighted by Crippen LogP contribution is -2.18. The first-order valence-electron chi connectivity index (χ1n) is 1.85. The van der Waals surface area contributed by atoms with Gasteiger partial charge in [-0.1, -0.05) is 12.2 Å². The highest BCUT2D eigenvalue weighted by Crippen LogP contribution is 1.76. The standard InChI is InChI=1S/C3H7NS3/c5-2-1-4-3(6)7/h5H,1-2H2,(H2,4,6,7). The van der Waals surface area contributed by atoms with Gasteiger partial charge in [0, 0.05) is 12.3 Å². The maximum Gasteiger partial charge on any atom is 0.130 e. The first-order valence-corrected chi connectivity index (χ1v) is 3.34. The Bertz CT molecular complexity index is 63.2. The summed E-state index contributed by atoms with van der Waals surface area (Å²) in [4.78, 5) is 0. The molecule has 0 aliphatic heterocycles. The average molecular weight is 153 g/mol. The number of hydrogen-bond donors (Lipinski definition) is 3. The van der Waals surface area contributed by atoms with Crippen LogP contribution in [0.2, 0.25) is 0 Å². The van der Waals surface area contributed by atoms with Crippen LogP contribution in [0.4, 0.5) is 0 Å². The molecule has 0 aromatic heterocycles. The summed E-state index contributed by atoms with van der Waals surface area (Å²) in [5.41, 5.74) is 0. The first-order chi connectivity index (χ1) is 3.27. The minimum Gasteiger partial charge on any atom is -0.370 e. The van der Waals surface area contributed by atoms with Crippen molar-refractivity contribution in [1.82, 2.24) is 5.32 Å². The van der Waals surface area contributed by atoms with Crippen molar-refractivity contribution < 1.29 is 0 Å². The smallest absolute Gasteiger partial charge is 0.130 e. The van der Waals surface area contributed by atoms with Gasteiger partial charge >= 0.3 is 0 Å². The number of thiol groups is 2. The molecule has 0 radical (unpaired) electrons. The Kier molecular flexibility index (Phi) is 5.14. The highest BCUT2D eigenvalue weighted by Gasteiger charge is 1.80. The molecule has 0 bridgehead atoms. The van der Waals surface area contributed by atoms with Crippen molar-refractivity contribution in [2.24, 2.45) is 0 Å². The van der Waals surface area contributed by atoms with Crippen molar-refractivity contribution in [3.05, 3.63) is 0 Å². The van der Waals surface area contributed by atoms with Gasteiger partial charge in [0.1, 0.15) is 4.32 Å². The van der Waals surface area contributed by atoms with Gasteiger partial charge in [-0.05, 0) is 0 Å². The van der Waals surface area contributed by atoms with E-state index in [1.807, 2.05) is 0 Å². The largest absolute Gasteiger partial charge is 0.370 e. The maximum atomic E-state index is 4.58. The lowest BCUT2D eigenvalue weighted by Gasteiger charge is -1.95. The second-order valence-corrected chi connectivity index (χ2v) is 2.56. The van der Waals surface area contributed by atoms with E-state index < -0.39 is 0 Å². The molecule has 42 valence electrons. The summed E-state index contributed by atoms with van der Waals surface area (Å²) in [6, 6.07) is 0. The van der Waals surface area contributed by atoms with Gasteiger partial charge in [-0.2, -0.15) is 12.6 Å². The minimum atomic E-state index is 0.536. The summed E-state index contributed by atoms with van der Waals surface area (Å²) in [7, 11) is 0. The molecule has 1 nitrogen and oxygen atoms in total. The van der Waals surface area contributed by atoms with E-state index in [1.165, 1.54) is 0 Å². The second-order valence-electron chi connectivity index (χ2n) is 0.956. The Morgan fingerprint density at radius 3 is 2.43 bits per heavy atom. The van der Waals surface area contributed by atoms with E-state index >= 15 is 0 Å². The van der Waals surface area contributed by atoms with Crippen LogP contribution >= 0.6 is 37.5 Å². The molecule has 0 aliphatic rings. The Balaban J connectivity index is 2.82. The van der Waals surface area contributed by atoms with Crippen LogP contribution in [-0.2, 0) is 0 Å². The van der Waals surface area contributed by atoms with Crippen LogP contribution in [0.1, 0.15) is 0 Å². The molecule has 0 spiro atoms. The molecular formula is C3H7NS3. The lowest BCUT2D eigenvalue weighted by molar-refractivity contribution is 1.01. The van der Waals surface area contributed by atoms with Crippen molar-refractivity contribution >= 4 is 41.8 Å². The molecule has 0 saturated carbocycles. The zero-order valence-electron chi connectivity index (χ0n) is 3.72. The third-order valence-corrected chi connectivity index (χ3v) is 0.914. The highest BCUT2D eigenvalue weighted by molar-refractivity contribution is 8.11. The third-order valence-electron chi connectivity index (χ3n) is 0.388. The summed E-state index contributed by atoms with van der Waals surface area (Å²) in [5.74, 6) is 0.792. The van der Waals surface area contributed by atoms with Gasteiger partial charge < -0.3 is 5.32 Å². The van der Waals surface area contributed by atoms with E-state index in [1.54, 1.807) is 0 Å². The predicted molar refractivity (Wildman–Crippen MR) is 43.4 cm³/mol. The minimum absolute atomic E-state index is 0.536. The molecule has 1 N–H and O–H groups in total. The van der Waals surface area contributed by atoms with Crippen molar-refractivity contribution in [3.8, 4) is 0 Å². The zero-order valence-corrected chi connectivity index (χ0v) is 6.32. The fraction of sp³-hybridized carbons (Fsp3) is 0.667. The second kappa shape index (κ2) is 4.74. The van der Waals surface area contributed by atoms with Crippen LogP contribution in [0.5, 0.6) is 0 Å². The van der Waals surface area contributed by atoms with E-state index in [2.05, 4.69) is 42.8 Å².